The van der Waals surface area contributed by atoms with E-state index in [1.807, 2.05) is 17.3 Å². The van der Waals surface area contributed by atoms with Crippen molar-refractivity contribution in [2.24, 2.45) is 11.7 Å². The fourth-order valence-corrected chi connectivity index (χ4v) is 2.55. The molecule has 1 aliphatic carbocycles. The number of thiazole rings is 1. The number of aromatic nitrogens is 1. The first-order valence-corrected chi connectivity index (χ1v) is 6.68. The summed E-state index contributed by atoms with van der Waals surface area (Å²) >= 11 is 1.42. The zero-order valence-corrected chi connectivity index (χ0v) is 10.7. The molecule has 1 amide bonds. The Balaban J connectivity index is 1.80. The van der Waals surface area contributed by atoms with Crippen LogP contribution in [0.4, 0.5) is 5.13 Å². The Morgan fingerprint density at radius 1 is 1.76 bits per heavy atom. The van der Waals surface area contributed by atoms with E-state index in [9.17, 15) is 4.79 Å². The van der Waals surface area contributed by atoms with Crippen LogP contribution in [0.25, 0.3) is 0 Å². The van der Waals surface area contributed by atoms with E-state index in [1.165, 1.54) is 24.2 Å². The maximum absolute atomic E-state index is 11.8. The second kappa shape index (κ2) is 5.57. The molecule has 0 saturated heterocycles. The van der Waals surface area contributed by atoms with Crippen molar-refractivity contribution in [2.75, 3.05) is 25.5 Å². The van der Waals surface area contributed by atoms with Gasteiger partial charge in [-0.05, 0) is 25.8 Å². The Bertz CT molecular complexity index is 364. The van der Waals surface area contributed by atoms with Gasteiger partial charge < -0.3 is 11.1 Å². The molecule has 1 aliphatic rings. The number of hydrogen-bond donors (Lipinski definition) is 2. The van der Waals surface area contributed by atoms with Gasteiger partial charge in [0.15, 0.2) is 5.13 Å². The lowest BCUT2D eigenvalue weighted by atomic mass is 10.1. The number of likely N-dealkylation sites (N-methyl/N-ethyl adjacent to an activating group) is 1. The molecule has 2 rings (SSSR count). The van der Waals surface area contributed by atoms with Gasteiger partial charge >= 0.3 is 0 Å². The zero-order chi connectivity index (χ0) is 12.3. The molecule has 1 saturated carbocycles. The lowest BCUT2D eigenvalue weighted by Gasteiger charge is -2.25. The van der Waals surface area contributed by atoms with Gasteiger partial charge in [0.2, 0.25) is 5.91 Å². The SMILES string of the molecule is CN(CC(=O)Nc1nccs1)C(CN)C1CC1. The number of nitrogens with zero attached hydrogens (tertiary/aromatic N) is 2. The summed E-state index contributed by atoms with van der Waals surface area (Å²) in [6.07, 6.45) is 4.15. The van der Waals surface area contributed by atoms with Crippen LogP contribution in [0.2, 0.25) is 0 Å². The van der Waals surface area contributed by atoms with Crippen molar-refractivity contribution in [3.63, 3.8) is 0 Å². The summed E-state index contributed by atoms with van der Waals surface area (Å²) in [7, 11) is 1.96. The molecular weight excluding hydrogens is 236 g/mol. The van der Waals surface area contributed by atoms with Crippen molar-refractivity contribution < 1.29 is 4.79 Å². The summed E-state index contributed by atoms with van der Waals surface area (Å²) in [4.78, 5) is 17.8. The van der Waals surface area contributed by atoms with E-state index in [0.717, 1.165) is 0 Å². The number of rotatable bonds is 6. The third kappa shape index (κ3) is 3.49. The monoisotopic (exact) mass is 254 g/mol. The minimum absolute atomic E-state index is 0.0263. The number of hydrogen-bond acceptors (Lipinski definition) is 5. The van der Waals surface area contributed by atoms with Crippen molar-refractivity contribution in [1.29, 1.82) is 0 Å². The van der Waals surface area contributed by atoms with E-state index in [2.05, 4.69) is 10.3 Å². The molecule has 5 nitrogen and oxygen atoms in total. The maximum atomic E-state index is 11.8. The predicted octanol–water partition coefficient (Wildman–Crippen LogP) is 0.751. The van der Waals surface area contributed by atoms with E-state index in [1.54, 1.807) is 6.20 Å². The van der Waals surface area contributed by atoms with E-state index >= 15 is 0 Å². The Morgan fingerprint density at radius 2 is 2.53 bits per heavy atom. The molecule has 0 spiro atoms. The molecule has 0 radical (unpaired) electrons. The smallest absolute Gasteiger partial charge is 0.240 e. The number of nitrogens with two attached hydrogens (primary N) is 1. The molecular formula is C11H18N4OS. The van der Waals surface area contributed by atoms with Crippen molar-refractivity contribution >= 4 is 22.4 Å². The molecule has 3 N–H and O–H groups in total. The molecule has 1 atom stereocenters. The van der Waals surface area contributed by atoms with Gasteiger partial charge in [0.05, 0.1) is 6.54 Å². The Hall–Kier alpha value is -0.980. The quantitative estimate of drug-likeness (QED) is 0.786. The number of nitrogens with one attached hydrogen (secondary N) is 1. The molecule has 1 unspecified atom stereocenters. The first kappa shape index (κ1) is 12.5. The fourth-order valence-electron chi connectivity index (χ4n) is 2.00. The highest BCUT2D eigenvalue weighted by atomic mass is 32.1. The highest BCUT2D eigenvalue weighted by Crippen LogP contribution is 2.34. The van der Waals surface area contributed by atoms with Crippen molar-refractivity contribution in [2.45, 2.75) is 18.9 Å². The maximum Gasteiger partial charge on any atom is 0.240 e. The summed E-state index contributed by atoms with van der Waals surface area (Å²) in [5.41, 5.74) is 5.74. The minimum atomic E-state index is -0.0263. The van der Waals surface area contributed by atoms with Gasteiger partial charge in [-0.15, -0.1) is 11.3 Å². The van der Waals surface area contributed by atoms with Crippen LogP contribution in [-0.2, 0) is 4.79 Å². The van der Waals surface area contributed by atoms with Gasteiger partial charge in [0.1, 0.15) is 0 Å². The molecule has 0 aliphatic heterocycles. The lowest BCUT2D eigenvalue weighted by Crippen LogP contribution is -2.43. The van der Waals surface area contributed by atoms with E-state index in [0.29, 0.717) is 30.2 Å². The highest BCUT2D eigenvalue weighted by Gasteiger charge is 2.33. The molecule has 1 fully saturated rings. The zero-order valence-electron chi connectivity index (χ0n) is 9.93. The Kier molecular flexibility index (Phi) is 4.09. The van der Waals surface area contributed by atoms with Crippen LogP contribution in [0.15, 0.2) is 11.6 Å². The Labute approximate surface area is 105 Å². The second-order valence-corrected chi connectivity index (χ2v) is 5.34. The topological polar surface area (TPSA) is 71.2 Å². The van der Waals surface area contributed by atoms with Crippen LogP contribution < -0.4 is 11.1 Å². The molecule has 1 heterocycles. The van der Waals surface area contributed by atoms with Gasteiger partial charge in [-0.3, -0.25) is 9.69 Å². The van der Waals surface area contributed by atoms with Crippen LogP contribution in [0, 0.1) is 5.92 Å². The fraction of sp³-hybridized carbons (Fsp3) is 0.636. The standard InChI is InChI=1S/C11H18N4OS/c1-15(9(6-12)8-2-3-8)7-10(16)14-11-13-4-5-17-11/h4-5,8-9H,2-3,6-7,12H2,1H3,(H,13,14,16). The Morgan fingerprint density at radius 3 is 3.06 bits per heavy atom. The number of carbonyl (C=O) groups excluding carboxylic acids is 1. The molecule has 0 aromatic carbocycles. The van der Waals surface area contributed by atoms with Gasteiger partial charge in [-0.1, -0.05) is 0 Å². The summed E-state index contributed by atoms with van der Waals surface area (Å²) in [6.45, 7) is 0.990. The minimum Gasteiger partial charge on any atom is -0.329 e. The number of anilines is 1. The summed E-state index contributed by atoms with van der Waals surface area (Å²) in [6, 6.07) is 0.331. The summed E-state index contributed by atoms with van der Waals surface area (Å²) in [5, 5.41) is 5.27. The predicted molar refractivity (Wildman–Crippen MR) is 68.9 cm³/mol. The number of amides is 1. The molecule has 0 bridgehead atoms. The van der Waals surface area contributed by atoms with Crippen LogP contribution in [0.1, 0.15) is 12.8 Å². The molecule has 94 valence electrons. The van der Waals surface area contributed by atoms with Crippen molar-refractivity contribution in [3.8, 4) is 0 Å². The van der Waals surface area contributed by atoms with Crippen molar-refractivity contribution in [3.05, 3.63) is 11.6 Å². The lowest BCUT2D eigenvalue weighted by molar-refractivity contribution is -0.117. The van der Waals surface area contributed by atoms with Gasteiger partial charge in [0, 0.05) is 24.2 Å². The van der Waals surface area contributed by atoms with Gasteiger partial charge in [0.25, 0.3) is 0 Å². The normalized spacial score (nSPS) is 17.1. The summed E-state index contributed by atoms with van der Waals surface area (Å²) < 4.78 is 0. The van der Waals surface area contributed by atoms with Crippen molar-refractivity contribution in [1.82, 2.24) is 9.88 Å². The third-order valence-corrected chi connectivity index (χ3v) is 3.73. The van der Waals surface area contributed by atoms with Gasteiger partial charge in [-0.2, -0.15) is 0 Å². The van der Waals surface area contributed by atoms with Crippen LogP contribution >= 0.6 is 11.3 Å². The van der Waals surface area contributed by atoms with E-state index in [4.69, 9.17) is 5.73 Å². The first-order chi connectivity index (χ1) is 8.20. The molecule has 17 heavy (non-hydrogen) atoms. The van der Waals surface area contributed by atoms with Crippen LogP contribution in [0.5, 0.6) is 0 Å². The molecule has 1 aromatic heterocycles. The van der Waals surface area contributed by atoms with Crippen LogP contribution in [-0.4, -0.2) is 42.0 Å². The largest absolute Gasteiger partial charge is 0.329 e. The second-order valence-electron chi connectivity index (χ2n) is 4.44. The third-order valence-electron chi connectivity index (χ3n) is 3.05. The van der Waals surface area contributed by atoms with Gasteiger partial charge in [-0.25, -0.2) is 4.98 Å². The van der Waals surface area contributed by atoms with Crippen LogP contribution in [0.3, 0.4) is 0 Å². The van der Waals surface area contributed by atoms with E-state index in [-0.39, 0.29) is 5.91 Å². The average molecular weight is 254 g/mol. The average Bonchev–Trinajstić information content (AvgIpc) is 2.97. The first-order valence-electron chi connectivity index (χ1n) is 5.80. The highest BCUT2D eigenvalue weighted by molar-refractivity contribution is 7.13. The summed E-state index contributed by atoms with van der Waals surface area (Å²) in [5.74, 6) is 0.652. The molecule has 1 aromatic rings. The molecule has 6 heteroatoms. The van der Waals surface area contributed by atoms with E-state index < -0.39 is 0 Å². The number of carbonyl (C=O) groups is 1.